The number of aromatic amines is 1. The van der Waals surface area contributed by atoms with Crippen molar-refractivity contribution in [2.75, 3.05) is 13.1 Å². The molecule has 180 valence electrons. The van der Waals surface area contributed by atoms with E-state index in [2.05, 4.69) is 34.6 Å². The molecule has 2 saturated heterocycles. The Kier molecular flexibility index (Phi) is 5.49. The number of para-hydroxylation sites is 1. The van der Waals surface area contributed by atoms with Crippen LogP contribution in [0.15, 0.2) is 72.9 Å². The van der Waals surface area contributed by atoms with E-state index >= 15 is 0 Å². The van der Waals surface area contributed by atoms with Crippen molar-refractivity contribution in [1.82, 2.24) is 15.2 Å². The van der Waals surface area contributed by atoms with Crippen molar-refractivity contribution in [3.63, 3.8) is 0 Å². The number of hydrogen-bond acceptors (Lipinski definition) is 3. The predicted octanol–water partition coefficient (Wildman–Crippen LogP) is 3.63. The maximum Gasteiger partial charge on any atom is 0.230 e. The Hall–Kier alpha value is -3.38. The molecule has 0 saturated carbocycles. The van der Waals surface area contributed by atoms with E-state index in [1.165, 1.54) is 16.5 Å². The normalized spacial score (nSPS) is 27.5. The minimum absolute atomic E-state index is 0.0243. The quantitative estimate of drug-likeness (QED) is 0.495. The number of nitrogens with zero attached hydrogens (tertiary/aromatic N) is 1. The molecule has 3 aliphatic heterocycles. The number of benzene rings is 2. The molecule has 0 radical (unpaired) electrons. The van der Waals surface area contributed by atoms with E-state index in [-0.39, 0.29) is 24.0 Å². The number of aryl methyl sites for hydroxylation is 1. The molecule has 1 spiro atoms. The van der Waals surface area contributed by atoms with Crippen molar-refractivity contribution >= 4 is 22.7 Å². The van der Waals surface area contributed by atoms with Gasteiger partial charge in [-0.2, -0.15) is 0 Å². The van der Waals surface area contributed by atoms with Crippen LogP contribution in [-0.4, -0.2) is 52.5 Å². The standard InChI is InChI=1S/C29H31N3O3/c1-19(11-12-20-7-3-2-4-8-20)31-27(33)25-24-13-15-29(35-24)18-32(28(34)26(25)29)16-14-21-17-30-23-10-6-5-9-22(21)23/h2-10,13,15,17,19,24-26,30H,11-12,14,16,18H2,1H3,(H,31,33)/t19-,24-,25+,26+,29-/m1/s1. The Bertz CT molecular complexity index is 1280. The lowest BCUT2D eigenvalue weighted by Gasteiger charge is -2.25. The summed E-state index contributed by atoms with van der Waals surface area (Å²) < 4.78 is 6.30. The van der Waals surface area contributed by atoms with Crippen LogP contribution in [0.3, 0.4) is 0 Å². The predicted molar refractivity (Wildman–Crippen MR) is 135 cm³/mol. The fraction of sp³-hybridized carbons (Fsp3) is 0.379. The van der Waals surface area contributed by atoms with Gasteiger partial charge in [-0.1, -0.05) is 60.7 Å². The average molecular weight is 470 g/mol. The van der Waals surface area contributed by atoms with Gasteiger partial charge in [0.1, 0.15) is 5.60 Å². The monoisotopic (exact) mass is 469 g/mol. The Labute approximate surface area is 205 Å². The molecule has 0 aliphatic carbocycles. The molecule has 2 bridgehead atoms. The lowest BCUT2D eigenvalue weighted by molar-refractivity contribution is -0.137. The SMILES string of the molecule is C[C@H](CCc1ccccc1)NC(=O)[C@@H]1[C@H]2C(=O)N(CCc3c[nH]c4ccccc34)C[C@]23C=C[C@H]1O3. The van der Waals surface area contributed by atoms with E-state index in [4.69, 9.17) is 4.74 Å². The number of amides is 2. The van der Waals surface area contributed by atoms with Crippen LogP contribution < -0.4 is 5.32 Å². The first kappa shape index (κ1) is 22.1. The van der Waals surface area contributed by atoms with Crippen LogP contribution in [0.4, 0.5) is 0 Å². The van der Waals surface area contributed by atoms with Crippen LogP contribution in [0, 0.1) is 11.8 Å². The minimum Gasteiger partial charge on any atom is -0.361 e. The van der Waals surface area contributed by atoms with E-state index in [9.17, 15) is 9.59 Å². The minimum atomic E-state index is -0.669. The number of H-pyrrole nitrogens is 1. The number of likely N-dealkylation sites (tertiary alicyclic amines) is 1. The number of rotatable bonds is 8. The fourth-order valence-electron chi connectivity index (χ4n) is 6.10. The zero-order valence-electron chi connectivity index (χ0n) is 19.9. The first-order valence-corrected chi connectivity index (χ1v) is 12.6. The molecule has 2 amide bonds. The number of fused-ring (bicyclic) bond motifs is 2. The molecule has 2 aromatic carbocycles. The summed E-state index contributed by atoms with van der Waals surface area (Å²) in [6.45, 7) is 3.16. The molecule has 5 atom stereocenters. The van der Waals surface area contributed by atoms with Crippen molar-refractivity contribution in [3.05, 3.63) is 84.1 Å². The molecule has 3 aliphatic rings. The smallest absolute Gasteiger partial charge is 0.230 e. The maximum absolute atomic E-state index is 13.5. The summed E-state index contributed by atoms with van der Waals surface area (Å²) in [5.41, 5.74) is 2.89. The van der Waals surface area contributed by atoms with Gasteiger partial charge < -0.3 is 19.9 Å². The molecule has 6 rings (SSSR count). The Morgan fingerprint density at radius 3 is 2.83 bits per heavy atom. The van der Waals surface area contributed by atoms with Gasteiger partial charge in [-0.25, -0.2) is 0 Å². The molecule has 0 unspecified atom stereocenters. The van der Waals surface area contributed by atoms with Gasteiger partial charge in [-0.15, -0.1) is 0 Å². The highest BCUT2D eigenvalue weighted by molar-refractivity contribution is 5.93. The molecule has 6 heteroatoms. The highest BCUT2D eigenvalue weighted by Crippen LogP contribution is 2.51. The summed E-state index contributed by atoms with van der Waals surface area (Å²) in [5.74, 6) is -0.945. The summed E-state index contributed by atoms with van der Waals surface area (Å²) in [7, 11) is 0. The van der Waals surface area contributed by atoms with Crippen molar-refractivity contribution in [2.24, 2.45) is 11.8 Å². The summed E-state index contributed by atoms with van der Waals surface area (Å²) in [4.78, 5) is 32.1. The molecular weight excluding hydrogens is 438 g/mol. The van der Waals surface area contributed by atoms with E-state index in [0.29, 0.717) is 13.1 Å². The molecule has 2 N–H and O–H groups in total. The third kappa shape index (κ3) is 3.86. The van der Waals surface area contributed by atoms with E-state index in [1.807, 2.05) is 60.5 Å². The third-order valence-corrected chi connectivity index (χ3v) is 7.90. The number of carbonyl (C=O) groups is 2. The molecule has 3 aromatic rings. The van der Waals surface area contributed by atoms with Gasteiger partial charge in [0.25, 0.3) is 0 Å². The second kappa shape index (κ2) is 8.68. The Morgan fingerprint density at radius 1 is 1.17 bits per heavy atom. The summed E-state index contributed by atoms with van der Waals surface area (Å²) in [5, 5.41) is 4.36. The lowest BCUT2D eigenvalue weighted by Crippen LogP contribution is -2.46. The van der Waals surface area contributed by atoms with Gasteiger partial charge in [0.15, 0.2) is 0 Å². The Morgan fingerprint density at radius 2 is 1.97 bits per heavy atom. The van der Waals surface area contributed by atoms with E-state index in [0.717, 1.165) is 24.8 Å². The van der Waals surface area contributed by atoms with Crippen LogP contribution >= 0.6 is 0 Å². The number of carbonyl (C=O) groups excluding carboxylic acids is 2. The molecule has 1 aromatic heterocycles. The van der Waals surface area contributed by atoms with Crippen LogP contribution in [0.2, 0.25) is 0 Å². The van der Waals surface area contributed by atoms with Crippen LogP contribution in [-0.2, 0) is 27.2 Å². The third-order valence-electron chi connectivity index (χ3n) is 7.90. The number of aromatic nitrogens is 1. The Balaban J connectivity index is 1.11. The zero-order valence-corrected chi connectivity index (χ0v) is 19.9. The summed E-state index contributed by atoms with van der Waals surface area (Å²) >= 11 is 0. The topological polar surface area (TPSA) is 74.4 Å². The average Bonchev–Trinajstić information content (AvgIpc) is 3.62. The van der Waals surface area contributed by atoms with Gasteiger partial charge in [-0.05, 0) is 43.4 Å². The van der Waals surface area contributed by atoms with Gasteiger partial charge >= 0.3 is 0 Å². The van der Waals surface area contributed by atoms with Crippen molar-refractivity contribution in [2.45, 2.75) is 43.9 Å². The van der Waals surface area contributed by atoms with Crippen molar-refractivity contribution < 1.29 is 14.3 Å². The number of ether oxygens (including phenoxy) is 1. The molecular formula is C29H31N3O3. The van der Waals surface area contributed by atoms with Gasteiger partial charge in [0, 0.05) is 29.7 Å². The highest BCUT2D eigenvalue weighted by Gasteiger charge is 2.66. The summed E-state index contributed by atoms with van der Waals surface area (Å²) in [6, 6.07) is 18.5. The van der Waals surface area contributed by atoms with E-state index < -0.39 is 17.4 Å². The maximum atomic E-state index is 13.5. The zero-order chi connectivity index (χ0) is 24.0. The second-order valence-electron chi connectivity index (χ2n) is 10.2. The lowest BCUT2D eigenvalue weighted by atomic mass is 9.76. The first-order valence-electron chi connectivity index (χ1n) is 12.6. The molecule has 6 nitrogen and oxygen atoms in total. The number of hydrogen-bond donors (Lipinski definition) is 2. The largest absolute Gasteiger partial charge is 0.361 e. The fourth-order valence-corrected chi connectivity index (χ4v) is 6.10. The van der Waals surface area contributed by atoms with Gasteiger partial charge in [-0.3, -0.25) is 9.59 Å². The molecule has 35 heavy (non-hydrogen) atoms. The summed E-state index contributed by atoms with van der Waals surface area (Å²) in [6.07, 6.45) is 8.23. The van der Waals surface area contributed by atoms with Crippen LogP contribution in [0.1, 0.15) is 24.5 Å². The van der Waals surface area contributed by atoms with Crippen molar-refractivity contribution in [1.29, 1.82) is 0 Å². The molecule has 2 fully saturated rings. The van der Waals surface area contributed by atoms with E-state index in [1.54, 1.807) is 0 Å². The van der Waals surface area contributed by atoms with Gasteiger partial charge in [0.05, 0.1) is 24.5 Å². The van der Waals surface area contributed by atoms with Crippen LogP contribution in [0.25, 0.3) is 10.9 Å². The highest BCUT2D eigenvalue weighted by atomic mass is 16.5. The van der Waals surface area contributed by atoms with Crippen LogP contribution in [0.5, 0.6) is 0 Å². The first-order chi connectivity index (χ1) is 17.0. The van der Waals surface area contributed by atoms with Crippen molar-refractivity contribution in [3.8, 4) is 0 Å². The van der Waals surface area contributed by atoms with Gasteiger partial charge in [0.2, 0.25) is 11.8 Å². The number of nitrogens with one attached hydrogen (secondary N) is 2. The second-order valence-corrected chi connectivity index (χ2v) is 10.2. The molecule has 4 heterocycles.